The van der Waals surface area contributed by atoms with Gasteiger partial charge in [-0.15, -0.1) is 5.10 Å². The summed E-state index contributed by atoms with van der Waals surface area (Å²) in [6, 6.07) is 10.1. The number of aryl methyl sites for hydroxylation is 2. The molecule has 0 atom stereocenters. The minimum atomic E-state index is -0.116. The van der Waals surface area contributed by atoms with Crippen LogP contribution >= 0.6 is 0 Å². The van der Waals surface area contributed by atoms with Gasteiger partial charge in [0.2, 0.25) is 5.91 Å². The number of nitrogens with one attached hydrogen (secondary N) is 1. The highest BCUT2D eigenvalue weighted by molar-refractivity contribution is 5.91. The SMILES string of the molecule is Cc1cc2ccccc2n1CC(=O)Nc1cn(C)nn1. The fourth-order valence-corrected chi connectivity index (χ4v) is 2.29. The van der Waals surface area contributed by atoms with Gasteiger partial charge in [-0.2, -0.15) is 0 Å². The van der Waals surface area contributed by atoms with Crippen molar-refractivity contribution >= 4 is 22.6 Å². The fraction of sp³-hybridized carbons (Fsp3) is 0.214. The van der Waals surface area contributed by atoms with E-state index in [1.54, 1.807) is 17.9 Å². The zero-order chi connectivity index (χ0) is 14.1. The number of anilines is 1. The lowest BCUT2D eigenvalue weighted by molar-refractivity contribution is -0.116. The molecule has 2 heterocycles. The van der Waals surface area contributed by atoms with E-state index in [0.717, 1.165) is 16.6 Å². The molecule has 0 aliphatic rings. The third kappa shape index (κ3) is 2.27. The van der Waals surface area contributed by atoms with E-state index in [4.69, 9.17) is 0 Å². The standard InChI is InChI=1S/C14H15N5O/c1-10-7-11-5-3-4-6-12(11)19(10)9-14(20)15-13-8-18(2)17-16-13/h3-8H,9H2,1-2H3,(H,15,20). The number of hydrogen-bond donors (Lipinski definition) is 1. The molecule has 0 radical (unpaired) electrons. The van der Waals surface area contributed by atoms with Crippen molar-refractivity contribution in [3.05, 3.63) is 42.2 Å². The first kappa shape index (κ1) is 12.4. The summed E-state index contributed by atoms with van der Waals surface area (Å²) >= 11 is 0. The summed E-state index contributed by atoms with van der Waals surface area (Å²) < 4.78 is 3.53. The second kappa shape index (κ2) is 4.80. The first-order chi connectivity index (χ1) is 9.63. The lowest BCUT2D eigenvalue weighted by atomic mass is 10.2. The maximum Gasteiger partial charge on any atom is 0.245 e. The maximum absolute atomic E-state index is 12.1. The lowest BCUT2D eigenvalue weighted by Gasteiger charge is -2.07. The number of amides is 1. The Morgan fingerprint density at radius 1 is 1.35 bits per heavy atom. The Hall–Kier alpha value is -2.63. The molecule has 1 aromatic carbocycles. The van der Waals surface area contributed by atoms with Gasteiger partial charge < -0.3 is 9.88 Å². The van der Waals surface area contributed by atoms with E-state index in [1.165, 1.54) is 0 Å². The number of carbonyl (C=O) groups excluding carboxylic acids is 1. The highest BCUT2D eigenvalue weighted by atomic mass is 16.2. The van der Waals surface area contributed by atoms with Crippen molar-refractivity contribution in [2.45, 2.75) is 13.5 Å². The number of fused-ring (bicyclic) bond motifs is 1. The quantitative estimate of drug-likeness (QED) is 0.787. The zero-order valence-corrected chi connectivity index (χ0v) is 11.4. The summed E-state index contributed by atoms with van der Waals surface area (Å²) in [5.74, 6) is 0.349. The summed E-state index contributed by atoms with van der Waals surface area (Å²) in [4.78, 5) is 12.1. The molecule has 2 aromatic heterocycles. The van der Waals surface area contributed by atoms with Gasteiger partial charge in [0.05, 0.1) is 6.20 Å². The van der Waals surface area contributed by atoms with Crippen molar-refractivity contribution in [3.63, 3.8) is 0 Å². The van der Waals surface area contributed by atoms with Crippen LogP contribution in [0.1, 0.15) is 5.69 Å². The van der Waals surface area contributed by atoms with Gasteiger partial charge in [0.25, 0.3) is 0 Å². The molecule has 0 fully saturated rings. The predicted octanol–water partition coefficient (Wildman–Crippen LogP) is 1.72. The third-order valence-corrected chi connectivity index (χ3v) is 3.19. The molecule has 0 aliphatic heterocycles. The highest BCUT2D eigenvalue weighted by Gasteiger charge is 2.10. The van der Waals surface area contributed by atoms with Crippen molar-refractivity contribution in [1.82, 2.24) is 19.6 Å². The maximum atomic E-state index is 12.1. The van der Waals surface area contributed by atoms with E-state index >= 15 is 0 Å². The minimum absolute atomic E-state index is 0.116. The smallest absolute Gasteiger partial charge is 0.245 e. The Bertz CT molecular complexity index is 771. The van der Waals surface area contributed by atoms with Crippen molar-refractivity contribution < 1.29 is 4.79 Å². The number of rotatable bonds is 3. The van der Waals surface area contributed by atoms with Crippen LogP contribution in [0.2, 0.25) is 0 Å². The first-order valence-corrected chi connectivity index (χ1v) is 6.34. The molecule has 3 rings (SSSR count). The second-order valence-electron chi connectivity index (χ2n) is 4.76. The van der Waals surface area contributed by atoms with Gasteiger partial charge in [0.1, 0.15) is 6.54 Å². The second-order valence-corrected chi connectivity index (χ2v) is 4.76. The van der Waals surface area contributed by atoms with Gasteiger partial charge in [-0.3, -0.25) is 9.48 Å². The number of para-hydroxylation sites is 1. The van der Waals surface area contributed by atoms with Gasteiger partial charge in [-0.25, -0.2) is 0 Å². The Balaban J connectivity index is 1.82. The molecule has 3 aromatic rings. The van der Waals surface area contributed by atoms with Gasteiger partial charge >= 0.3 is 0 Å². The van der Waals surface area contributed by atoms with Gasteiger partial charge in [-0.05, 0) is 24.4 Å². The zero-order valence-electron chi connectivity index (χ0n) is 11.4. The lowest BCUT2D eigenvalue weighted by Crippen LogP contribution is -2.19. The van der Waals surface area contributed by atoms with Crippen LogP contribution in [0.15, 0.2) is 36.5 Å². The van der Waals surface area contributed by atoms with E-state index in [1.807, 2.05) is 35.8 Å². The molecular formula is C14H15N5O. The van der Waals surface area contributed by atoms with Crippen molar-refractivity contribution in [2.24, 2.45) is 7.05 Å². The highest BCUT2D eigenvalue weighted by Crippen LogP contribution is 2.19. The van der Waals surface area contributed by atoms with Crippen LogP contribution in [-0.2, 0) is 18.4 Å². The van der Waals surface area contributed by atoms with Crippen LogP contribution in [0.3, 0.4) is 0 Å². The Labute approximate surface area is 116 Å². The number of benzene rings is 1. The van der Waals surface area contributed by atoms with Crippen molar-refractivity contribution in [3.8, 4) is 0 Å². The molecule has 6 heteroatoms. The number of nitrogens with zero attached hydrogens (tertiary/aromatic N) is 4. The summed E-state index contributed by atoms with van der Waals surface area (Å²) in [6.07, 6.45) is 1.67. The van der Waals surface area contributed by atoms with Crippen LogP contribution in [0, 0.1) is 6.92 Å². The van der Waals surface area contributed by atoms with Crippen LogP contribution in [0.4, 0.5) is 5.82 Å². The molecule has 0 saturated heterocycles. The predicted molar refractivity (Wildman–Crippen MR) is 76.3 cm³/mol. The van der Waals surface area contributed by atoms with E-state index in [0.29, 0.717) is 5.82 Å². The average molecular weight is 269 g/mol. The first-order valence-electron chi connectivity index (χ1n) is 6.34. The van der Waals surface area contributed by atoms with Crippen LogP contribution < -0.4 is 5.32 Å². The molecule has 6 nitrogen and oxygen atoms in total. The molecule has 1 N–H and O–H groups in total. The van der Waals surface area contributed by atoms with Crippen LogP contribution in [0.5, 0.6) is 0 Å². The van der Waals surface area contributed by atoms with Gasteiger partial charge in [-0.1, -0.05) is 23.4 Å². The normalized spacial score (nSPS) is 10.9. The number of aromatic nitrogens is 4. The monoisotopic (exact) mass is 269 g/mol. The third-order valence-electron chi connectivity index (χ3n) is 3.19. The molecular weight excluding hydrogens is 254 g/mol. The van der Waals surface area contributed by atoms with E-state index in [2.05, 4.69) is 21.7 Å². The van der Waals surface area contributed by atoms with Crippen LogP contribution in [0.25, 0.3) is 10.9 Å². The average Bonchev–Trinajstić information content (AvgIpc) is 2.94. The molecule has 0 spiro atoms. The fourth-order valence-electron chi connectivity index (χ4n) is 2.29. The molecule has 0 saturated carbocycles. The number of carbonyl (C=O) groups is 1. The molecule has 1 amide bonds. The molecule has 20 heavy (non-hydrogen) atoms. The van der Waals surface area contributed by atoms with Crippen molar-refractivity contribution in [2.75, 3.05) is 5.32 Å². The molecule has 0 aliphatic carbocycles. The van der Waals surface area contributed by atoms with E-state index < -0.39 is 0 Å². The van der Waals surface area contributed by atoms with Crippen molar-refractivity contribution in [1.29, 1.82) is 0 Å². The largest absolute Gasteiger partial charge is 0.335 e. The van der Waals surface area contributed by atoms with E-state index in [9.17, 15) is 4.79 Å². The topological polar surface area (TPSA) is 64.7 Å². The Kier molecular flexibility index (Phi) is 2.98. The molecule has 0 bridgehead atoms. The minimum Gasteiger partial charge on any atom is -0.335 e. The van der Waals surface area contributed by atoms with Gasteiger partial charge in [0, 0.05) is 18.3 Å². The summed E-state index contributed by atoms with van der Waals surface area (Å²) in [5, 5.41) is 11.5. The summed E-state index contributed by atoms with van der Waals surface area (Å²) in [5.41, 5.74) is 2.11. The molecule has 102 valence electrons. The Morgan fingerprint density at radius 2 is 2.15 bits per heavy atom. The molecule has 0 unspecified atom stereocenters. The van der Waals surface area contributed by atoms with Crippen LogP contribution in [-0.4, -0.2) is 25.5 Å². The van der Waals surface area contributed by atoms with Gasteiger partial charge in [0.15, 0.2) is 5.82 Å². The summed E-state index contributed by atoms with van der Waals surface area (Å²) in [6.45, 7) is 2.26. The van der Waals surface area contributed by atoms with E-state index in [-0.39, 0.29) is 12.5 Å². The Morgan fingerprint density at radius 3 is 2.90 bits per heavy atom. The number of hydrogen-bond acceptors (Lipinski definition) is 3. The summed E-state index contributed by atoms with van der Waals surface area (Å²) in [7, 11) is 1.76.